The molecule has 0 saturated carbocycles. The number of amides is 3. The summed E-state index contributed by atoms with van der Waals surface area (Å²) in [4.78, 5) is 33.0. The van der Waals surface area contributed by atoms with Crippen LogP contribution in [-0.2, 0) is 19.1 Å². The number of ether oxygens (including phenoxy) is 1. The van der Waals surface area contributed by atoms with Gasteiger partial charge in [0.25, 0.3) is 0 Å². The average Bonchev–Trinajstić information content (AvgIpc) is 3.39. The third-order valence-corrected chi connectivity index (χ3v) is 9.45. The number of hydroxylamine groups is 1. The van der Waals surface area contributed by atoms with Gasteiger partial charge in [-0.15, -0.1) is 23.1 Å². The van der Waals surface area contributed by atoms with Crippen molar-refractivity contribution in [2.24, 2.45) is 5.92 Å². The maximum absolute atomic E-state index is 12.9. The van der Waals surface area contributed by atoms with Gasteiger partial charge in [0.2, 0.25) is 5.91 Å². The van der Waals surface area contributed by atoms with Crippen LogP contribution in [0.3, 0.4) is 0 Å². The smallest absolute Gasteiger partial charge is 0.319 e. The third-order valence-electron chi connectivity index (χ3n) is 6.37. The zero-order valence-corrected chi connectivity index (χ0v) is 22.8. The second-order valence-corrected chi connectivity index (χ2v) is 12.5. The number of benzene rings is 1. The van der Waals surface area contributed by atoms with E-state index in [0.717, 1.165) is 54.0 Å². The fraction of sp³-hybridized carbons (Fsp3) is 0.556. The predicted octanol–water partition coefficient (Wildman–Crippen LogP) is 6.27. The molecule has 7 nitrogen and oxygen atoms in total. The number of urea groups is 1. The fourth-order valence-corrected chi connectivity index (χ4v) is 7.35. The lowest BCUT2D eigenvalue weighted by atomic mass is 9.94. The minimum Gasteiger partial charge on any atom is -0.350 e. The van der Waals surface area contributed by atoms with Crippen LogP contribution in [0.5, 0.6) is 0 Å². The van der Waals surface area contributed by atoms with Crippen molar-refractivity contribution in [2.45, 2.75) is 69.8 Å². The Bertz CT molecular complexity index is 1010. The molecule has 2 aliphatic heterocycles. The van der Waals surface area contributed by atoms with E-state index in [1.807, 2.05) is 30.0 Å². The van der Waals surface area contributed by atoms with Crippen LogP contribution < -0.4 is 16.1 Å². The van der Waals surface area contributed by atoms with Crippen molar-refractivity contribution in [2.75, 3.05) is 24.2 Å². The normalized spacial score (nSPS) is 22.2. The Hall–Kier alpha value is -2.07. The van der Waals surface area contributed by atoms with E-state index < -0.39 is 0 Å². The van der Waals surface area contributed by atoms with Gasteiger partial charge in [0, 0.05) is 41.4 Å². The number of thiophene rings is 1. The molecule has 9 heteroatoms. The number of hydrogen-bond donors (Lipinski definition) is 3. The highest BCUT2D eigenvalue weighted by Crippen LogP contribution is 2.51. The van der Waals surface area contributed by atoms with Gasteiger partial charge < -0.3 is 15.4 Å². The summed E-state index contributed by atoms with van der Waals surface area (Å²) in [6, 6.07) is 12.0. The lowest BCUT2D eigenvalue weighted by molar-refractivity contribution is -0.200. The topological polar surface area (TPSA) is 88.7 Å². The van der Waals surface area contributed by atoms with E-state index in [4.69, 9.17) is 9.57 Å². The van der Waals surface area contributed by atoms with E-state index in [9.17, 15) is 9.59 Å². The Labute approximate surface area is 222 Å². The van der Waals surface area contributed by atoms with Gasteiger partial charge in [-0.25, -0.2) is 15.1 Å². The highest BCUT2D eigenvalue weighted by atomic mass is 32.2. The molecule has 196 valence electrons. The van der Waals surface area contributed by atoms with Crippen molar-refractivity contribution >= 4 is 40.7 Å². The molecule has 4 rings (SSSR count). The first kappa shape index (κ1) is 27.0. The summed E-state index contributed by atoms with van der Waals surface area (Å²) in [5, 5.41) is 5.81. The van der Waals surface area contributed by atoms with Gasteiger partial charge in [0.1, 0.15) is 0 Å². The summed E-state index contributed by atoms with van der Waals surface area (Å²) in [6.07, 6.45) is 6.16. The van der Waals surface area contributed by atoms with Gasteiger partial charge in [-0.05, 0) is 67.2 Å². The van der Waals surface area contributed by atoms with Crippen molar-refractivity contribution in [3.63, 3.8) is 0 Å². The van der Waals surface area contributed by atoms with Crippen LogP contribution in [0, 0.1) is 5.92 Å². The molecule has 3 amide bonds. The van der Waals surface area contributed by atoms with E-state index in [0.29, 0.717) is 25.5 Å². The SMILES string of the molecule is CC(C)CNC(=O)Nc1cccc(-c2ccc([C@@]3(CC(=O)NOC4CCCCO4)CCCCS3)s2)c1. The number of nitrogens with one attached hydrogen (secondary N) is 3. The maximum Gasteiger partial charge on any atom is 0.319 e. The summed E-state index contributed by atoms with van der Waals surface area (Å²) in [7, 11) is 0. The van der Waals surface area contributed by atoms with E-state index in [-0.39, 0.29) is 23.0 Å². The summed E-state index contributed by atoms with van der Waals surface area (Å²) in [5.41, 5.74) is 4.46. The van der Waals surface area contributed by atoms with Crippen molar-refractivity contribution < 1.29 is 19.2 Å². The largest absolute Gasteiger partial charge is 0.350 e. The minimum atomic E-state index is -0.348. The van der Waals surface area contributed by atoms with Crippen LogP contribution in [0.25, 0.3) is 10.4 Å². The molecule has 0 spiro atoms. The van der Waals surface area contributed by atoms with E-state index >= 15 is 0 Å². The standard InChI is InChI=1S/C27H37N3O4S2/c1-19(2)18-28-26(32)29-21-9-7-8-20(16-21)22-11-12-23(36-22)27(13-4-6-15-35-27)17-24(31)30-34-25-10-3-5-14-33-25/h7-9,11-12,16,19,25H,3-6,10,13-15,17-18H2,1-2H3,(H,30,31)(H2,28,29,32)/t25?,27-/m0/s1. The zero-order valence-electron chi connectivity index (χ0n) is 21.1. The van der Waals surface area contributed by atoms with Gasteiger partial charge in [-0.3, -0.25) is 4.79 Å². The second-order valence-electron chi connectivity index (χ2n) is 9.89. The van der Waals surface area contributed by atoms with Gasteiger partial charge in [-0.1, -0.05) is 32.4 Å². The van der Waals surface area contributed by atoms with Crippen molar-refractivity contribution in [1.29, 1.82) is 0 Å². The minimum absolute atomic E-state index is 0.105. The summed E-state index contributed by atoms with van der Waals surface area (Å²) in [5.74, 6) is 1.33. The van der Waals surface area contributed by atoms with Crippen molar-refractivity contribution in [3.05, 3.63) is 41.3 Å². The lowest BCUT2D eigenvalue weighted by Crippen LogP contribution is -2.37. The molecule has 2 atom stereocenters. The van der Waals surface area contributed by atoms with Crippen LogP contribution >= 0.6 is 23.1 Å². The highest BCUT2D eigenvalue weighted by Gasteiger charge is 2.38. The molecule has 1 aromatic carbocycles. The van der Waals surface area contributed by atoms with Crippen LogP contribution in [-0.4, -0.2) is 37.1 Å². The van der Waals surface area contributed by atoms with Crippen LogP contribution in [0.1, 0.15) is 63.7 Å². The number of rotatable bonds is 9. The number of carbonyl (C=O) groups excluding carboxylic acids is 2. The molecule has 0 aliphatic carbocycles. The molecule has 2 fully saturated rings. The van der Waals surface area contributed by atoms with Crippen molar-refractivity contribution in [1.82, 2.24) is 10.8 Å². The van der Waals surface area contributed by atoms with Crippen LogP contribution in [0.4, 0.5) is 10.5 Å². The molecule has 36 heavy (non-hydrogen) atoms. The third kappa shape index (κ3) is 7.47. The molecular weight excluding hydrogens is 494 g/mol. The Morgan fingerprint density at radius 2 is 2.06 bits per heavy atom. The molecular formula is C27H37N3O4S2. The maximum atomic E-state index is 12.9. The zero-order chi connectivity index (χ0) is 25.4. The number of carbonyl (C=O) groups is 2. The first-order valence-corrected chi connectivity index (χ1v) is 14.7. The fourth-order valence-electron chi connectivity index (χ4n) is 4.46. The molecule has 2 aromatic rings. The van der Waals surface area contributed by atoms with E-state index in [2.05, 4.69) is 48.2 Å². The van der Waals surface area contributed by atoms with E-state index in [1.54, 1.807) is 11.3 Å². The van der Waals surface area contributed by atoms with Gasteiger partial charge in [0.05, 0.1) is 4.75 Å². The highest BCUT2D eigenvalue weighted by molar-refractivity contribution is 8.00. The summed E-state index contributed by atoms with van der Waals surface area (Å²) < 4.78 is 5.31. The average molecular weight is 532 g/mol. The molecule has 0 radical (unpaired) electrons. The molecule has 2 aliphatic rings. The first-order chi connectivity index (χ1) is 17.4. The Balaban J connectivity index is 1.43. The Morgan fingerprint density at radius 3 is 2.81 bits per heavy atom. The number of thioether (sulfide) groups is 1. The van der Waals surface area contributed by atoms with Gasteiger partial charge >= 0.3 is 6.03 Å². The Morgan fingerprint density at radius 1 is 1.17 bits per heavy atom. The predicted molar refractivity (Wildman–Crippen MR) is 147 cm³/mol. The summed E-state index contributed by atoms with van der Waals surface area (Å²) >= 11 is 3.61. The van der Waals surface area contributed by atoms with Crippen molar-refractivity contribution in [3.8, 4) is 10.4 Å². The lowest BCUT2D eigenvalue weighted by Gasteiger charge is -2.35. The number of hydrogen-bond acceptors (Lipinski definition) is 6. The van der Waals surface area contributed by atoms with E-state index in [1.165, 1.54) is 11.3 Å². The quantitative estimate of drug-likeness (QED) is 0.332. The van der Waals surface area contributed by atoms with Gasteiger partial charge in [0.15, 0.2) is 6.29 Å². The molecule has 1 aromatic heterocycles. The molecule has 1 unspecified atom stereocenters. The summed E-state index contributed by atoms with van der Waals surface area (Å²) in [6.45, 7) is 5.44. The Kier molecular flexibility index (Phi) is 9.70. The van der Waals surface area contributed by atoms with Crippen LogP contribution in [0.15, 0.2) is 36.4 Å². The monoisotopic (exact) mass is 531 g/mol. The molecule has 0 bridgehead atoms. The number of anilines is 1. The molecule has 2 saturated heterocycles. The van der Waals surface area contributed by atoms with Gasteiger partial charge in [-0.2, -0.15) is 0 Å². The first-order valence-electron chi connectivity index (χ1n) is 12.9. The second kappa shape index (κ2) is 12.9. The molecule has 3 N–H and O–H groups in total. The molecule has 3 heterocycles. The van der Waals surface area contributed by atoms with Crippen LogP contribution in [0.2, 0.25) is 0 Å².